The molecular formula is C18H15FN2O2. The maximum Gasteiger partial charge on any atom is 0.227 e. The van der Waals surface area contributed by atoms with Gasteiger partial charge in [-0.3, -0.25) is 9.78 Å². The van der Waals surface area contributed by atoms with Crippen LogP contribution in [0.25, 0.3) is 10.9 Å². The number of benzene rings is 2. The first kappa shape index (κ1) is 15.1. The third-order valence-electron chi connectivity index (χ3n) is 3.50. The molecule has 1 amide bonds. The lowest BCUT2D eigenvalue weighted by atomic mass is 10.1. The highest BCUT2D eigenvalue weighted by molar-refractivity contribution is 5.93. The zero-order valence-electron chi connectivity index (χ0n) is 12.2. The number of rotatable bonds is 4. The van der Waals surface area contributed by atoms with Crippen molar-refractivity contribution < 1.29 is 14.3 Å². The Morgan fingerprint density at radius 2 is 2.04 bits per heavy atom. The number of aliphatic hydroxyl groups is 1. The van der Waals surface area contributed by atoms with E-state index in [0.29, 0.717) is 11.3 Å². The van der Waals surface area contributed by atoms with E-state index in [1.807, 2.05) is 24.3 Å². The number of hydrogen-bond acceptors (Lipinski definition) is 3. The highest BCUT2D eigenvalue weighted by Crippen LogP contribution is 2.20. The highest BCUT2D eigenvalue weighted by atomic mass is 19.1. The van der Waals surface area contributed by atoms with E-state index in [2.05, 4.69) is 10.3 Å². The van der Waals surface area contributed by atoms with Crippen molar-refractivity contribution in [2.45, 2.75) is 12.5 Å². The molecule has 0 saturated carbocycles. The number of hydrogen-bond donors (Lipinski definition) is 2. The monoisotopic (exact) mass is 310 g/mol. The maximum absolute atomic E-state index is 13.1. The van der Waals surface area contributed by atoms with Crippen LogP contribution >= 0.6 is 0 Å². The lowest BCUT2D eigenvalue weighted by Crippen LogP contribution is -2.15. The largest absolute Gasteiger partial charge is 0.388 e. The van der Waals surface area contributed by atoms with E-state index < -0.39 is 11.9 Å². The molecule has 1 heterocycles. The van der Waals surface area contributed by atoms with Gasteiger partial charge in [0, 0.05) is 17.3 Å². The van der Waals surface area contributed by atoms with Crippen LogP contribution < -0.4 is 5.32 Å². The molecule has 1 atom stereocenters. The van der Waals surface area contributed by atoms with Gasteiger partial charge >= 0.3 is 0 Å². The van der Waals surface area contributed by atoms with Gasteiger partial charge in [-0.15, -0.1) is 0 Å². The van der Waals surface area contributed by atoms with Gasteiger partial charge in [-0.05, 0) is 42.0 Å². The van der Waals surface area contributed by atoms with Gasteiger partial charge in [-0.1, -0.05) is 18.2 Å². The first-order chi connectivity index (χ1) is 11.1. The molecule has 4 nitrogen and oxygen atoms in total. The van der Waals surface area contributed by atoms with Gasteiger partial charge in [0.05, 0.1) is 18.0 Å². The molecule has 2 N–H and O–H groups in total. The summed E-state index contributed by atoms with van der Waals surface area (Å²) in [4.78, 5) is 16.2. The average molecular weight is 310 g/mol. The molecule has 1 aromatic heterocycles. The Morgan fingerprint density at radius 3 is 2.87 bits per heavy atom. The van der Waals surface area contributed by atoms with Crippen molar-refractivity contribution in [2.24, 2.45) is 0 Å². The topological polar surface area (TPSA) is 62.2 Å². The number of aliphatic hydroxyl groups excluding tert-OH is 1. The van der Waals surface area contributed by atoms with Gasteiger partial charge in [0.25, 0.3) is 0 Å². The van der Waals surface area contributed by atoms with Crippen LogP contribution in [0.4, 0.5) is 10.1 Å². The van der Waals surface area contributed by atoms with Crippen LogP contribution in [0, 0.1) is 5.82 Å². The SMILES string of the molecule is O=C(CC(O)c1cccc(F)c1)Nc1ccc2ncccc2c1. The van der Waals surface area contributed by atoms with Gasteiger partial charge in [-0.25, -0.2) is 4.39 Å². The standard InChI is InChI=1S/C18H15FN2O2/c19-14-5-1-3-13(9-14)17(22)11-18(23)21-15-6-7-16-12(10-15)4-2-8-20-16/h1-10,17,22H,11H2,(H,21,23). The van der Waals surface area contributed by atoms with Crippen LogP contribution in [0.5, 0.6) is 0 Å². The van der Waals surface area contributed by atoms with Gasteiger partial charge in [0.1, 0.15) is 5.82 Å². The molecule has 0 fully saturated rings. The summed E-state index contributed by atoms with van der Waals surface area (Å²) < 4.78 is 13.1. The van der Waals surface area contributed by atoms with Crippen molar-refractivity contribution in [3.05, 3.63) is 72.2 Å². The number of carbonyl (C=O) groups is 1. The van der Waals surface area contributed by atoms with Crippen molar-refractivity contribution in [3.8, 4) is 0 Å². The molecule has 3 rings (SSSR count). The summed E-state index contributed by atoms with van der Waals surface area (Å²) in [6, 6.07) is 14.7. The highest BCUT2D eigenvalue weighted by Gasteiger charge is 2.14. The Labute approximate surface area is 132 Å². The normalized spacial score (nSPS) is 12.1. The molecule has 0 aliphatic rings. The Hall–Kier alpha value is -2.79. The molecule has 5 heteroatoms. The summed E-state index contributed by atoms with van der Waals surface area (Å²) in [5.41, 5.74) is 1.84. The summed E-state index contributed by atoms with van der Waals surface area (Å²) >= 11 is 0. The van der Waals surface area contributed by atoms with E-state index in [0.717, 1.165) is 10.9 Å². The number of aromatic nitrogens is 1. The number of carbonyl (C=O) groups excluding carboxylic acids is 1. The molecule has 116 valence electrons. The van der Waals surface area contributed by atoms with Crippen LogP contribution in [-0.4, -0.2) is 16.0 Å². The first-order valence-corrected chi connectivity index (χ1v) is 7.20. The number of halogens is 1. The second-order valence-corrected chi connectivity index (χ2v) is 5.23. The molecule has 2 aromatic carbocycles. The van der Waals surface area contributed by atoms with E-state index in [9.17, 15) is 14.3 Å². The molecule has 0 saturated heterocycles. The molecular weight excluding hydrogens is 295 g/mol. The minimum Gasteiger partial charge on any atom is -0.388 e. The molecule has 23 heavy (non-hydrogen) atoms. The Kier molecular flexibility index (Phi) is 4.30. The van der Waals surface area contributed by atoms with Crippen LogP contribution in [-0.2, 0) is 4.79 Å². The minimum absolute atomic E-state index is 0.144. The van der Waals surface area contributed by atoms with E-state index in [-0.39, 0.29) is 12.3 Å². The van der Waals surface area contributed by atoms with Crippen LogP contribution in [0.2, 0.25) is 0 Å². The van der Waals surface area contributed by atoms with Crippen molar-refractivity contribution in [1.29, 1.82) is 0 Å². The Bertz CT molecular complexity index is 851. The zero-order chi connectivity index (χ0) is 16.2. The van der Waals surface area contributed by atoms with Crippen molar-refractivity contribution in [1.82, 2.24) is 4.98 Å². The third-order valence-corrected chi connectivity index (χ3v) is 3.50. The fraction of sp³-hybridized carbons (Fsp3) is 0.111. The zero-order valence-corrected chi connectivity index (χ0v) is 12.2. The molecule has 0 radical (unpaired) electrons. The smallest absolute Gasteiger partial charge is 0.227 e. The fourth-order valence-electron chi connectivity index (χ4n) is 2.37. The summed E-state index contributed by atoms with van der Waals surface area (Å²) in [6.45, 7) is 0. The Morgan fingerprint density at radius 1 is 1.17 bits per heavy atom. The third kappa shape index (κ3) is 3.70. The summed E-state index contributed by atoms with van der Waals surface area (Å²) in [5, 5.41) is 13.7. The van der Waals surface area contributed by atoms with Crippen molar-refractivity contribution >= 4 is 22.5 Å². The van der Waals surface area contributed by atoms with Crippen LogP contribution in [0.15, 0.2) is 60.8 Å². The summed E-state index contributed by atoms with van der Waals surface area (Å²) in [6.07, 6.45) is 0.512. The average Bonchev–Trinajstić information content (AvgIpc) is 2.54. The molecule has 0 aliphatic heterocycles. The molecule has 0 spiro atoms. The second-order valence-electron chi connectivity index (χ2n) is 5.23. The second kappa shape index (κ2) is 6.54. The number of pyridine rings is 1. The number of anilines is 1. The quantitative estimate of drug-likeness (QED) is 0.776. The number of nitrogens with zero attached hydrogens (tertiary/aromatic N) is 1. The van der Waals surface area contributed by atoms with E-state index in [1.54, 1.807) is 18.3 Å². The molecule has 1 unspecified atom stereocenters. The van der Waals surface area contributed by atoms with Crippen LogP contribution in [0.1, 0.15) is 18.1 Å². The predicted molar refractivity (Wildman–Crippen MR) is 86.3 cm³/mol. The maximum atomic E-state index is 13.1. The van der Waals surface area contributed by atoms with Gasteiger partial charge in [0.15, 0.2) is 0 Å². The minimum atomic E-state index is -1.05. The predicted octanol–water partition coefficient (Wildman–Crippen LogP) is 3.44. The summed E-state index contributed by atoms with van der Waals surface area (Å²) in [5.74, 6) is -0.783. The lowest BCUT2D eigenvalue weighted by Gasteiger charge is -2.11. The summed E-state index contributed by atoms with van der Waals surface area (Å²) in [7, 11) is 0. The molecule has 3 aromatic rings. The number of amides is 1. The van der Waals surface area contributed by atoms with E-state index >= 15 is 0 Å². The van der Waals surface area contributed by atoms with Crippen molar-refractivity contribution in [2.75, 3.05) is 5.32 Å². The molecule has 0 bridgehead atoms. The fourth-order valence-corrected chi connectivity index (χ4v) is 2.37. The Balaban J connectivity index is 1.68. The van der Waals surface area contributed by atoms with Gasteiger partial charge in [0.2, 0.25) is 5.91 Å². The lowest BCUT2D eigenvalue weighted by molar-refractivity contribution is -0.118. The molecule has 0 aliphatic carbocycles. The van der Waals surface area contributed by atoms with E-state index in [1.165, 1.54) is 18.2 Å². The number of nitrogens with one attached hydrogen (secondary N) is 1. The van der Waals surface area contributed by atoms with Crippen LogP contribution in [0.3, 0.4) is 0 Å². The first-order valence-electron chi connectivity index (χ1n) is 7.20. The van der Waals surface area contributed by atoms with Gasteiger partial charge in [-0.2, -0.15) is 0 Å². The number of fused-ring (bicyclic) bond motifs is 1. The van der Waals surface area contributed by atoms with E-state index in [4.69, 9.17) is 0 Å². The van der Waals surface area contributed by atoms with Gasteiger partial charge < -0.3 is 10.4 Å². The van der Waals surface area contributed by atoms with Crippen molar-refractivity contribution in [3.63, 3.8) is 0 Å².